The summed E-state index contributed by atoms with van der Waals surface area (Å²) in [6.07, 6.45) is 0. The SMILES string of the molecule is NNCc1c(F)c(F)c(F)c(F)c1F. The molecule has 0 aliphatic rings. The van der Waals surface area contributed by atoms with Crippen molar-refractivity contribution >= 4 is 0 Å². The number of hydrogen-bond donors (Lipinski definition) is 2. The van der Waals surface area contributed by atoms with Crippen LogP contribution in [-0.4, -0.2) is 0 Å². The number of nitrogens with two attached hydrogens (primary N) is 1. The van der Waals surface area contributed by atoms with E-state index in [1.165, 1.54) is 0 Å². The molecule has 0 fully saturated rings. The number of hydrogen-bond acceptors (Lipinski definition) is 2. The van der Waals surface area contributed by atoms with Crippen molar-refractivity contribution in [1.29, 1.82) is 0 Å². The lowest BCUT2D eigenvalue weighted by Gasteiger charge is -2.06. The molecule has 0 heterocycles. The average molecular weight is 212 g/mol. The molecule has 14 heavy (non-hydrogen) atoms. The first-order valence-corrected chi connectivity index (χ1v) is 3.44. The van der Waals surface area contributed by atoms with Gasteiger partial charge < -0.3 is 0 Å². The lowest BCUT2D eigenvalue weighted by Crippen LogP contribution is -2.23. The summed E-state index contributed by atoms with van der Waals surface area (Å²) in [6, 6.07) is 0. The van der Waals surface area contributed by atoms with E-state index in [0.717, 1.165) is 0 Å². The Morgan fingerprint density at radius 2 is 1.14 bits per heavy atom. The second kappa shape index (κ2) is 3.89. The van der Waals surface area contributed by atoms with E-state index in [9.17, 15) is 22.0 Å². The molecule has 0 aromatic heterocycles. The van der Waals surface area contributed by atoms with Crippen LogP contribution in [0.3, 0.4) is 0 Å². The molecule has 0 saturated carbocycles. The monoisotopic (exact) mass is 212 g/mol. The predicted molar refractivity (Wildman–Crippen MR) is 37.3 cm³/mol. The van der Waals surface area contributed by atoms with Gasteiger partial charge in [-0.05, 0) is 0 Å². The minimum absolute atomic E-state index is 0.647. The van der Waals surface area contributed by atoms with Crippen molar-refractivity contribution in [2.24, 2.45) is 5.84 Å². The van der Waals surface area contributed by atoms with E-state index in [-0.39, 0.29) is 0 Å². The fourth-order valence-corrected chi connectivity index (χ4v) is 0.908. The highest BCUT2D eigenvalue weighted by Crippen LogP contribution is 2.22. The molecule has 1 aromatic carbocycles. The van der Waals surface area contributed by atoms with Crippen molar-refractivity contribution in [2.45, 2.75) is 6.54 Å². The smallest absolute Gasteiger partial charge is 0.200 e. The Hall–Kier alpha value is -1.21. The molecule has 0 amide bonds. The van der Waals surface area contributed by atoms with Gasteiger partial charge in [-0.2, -0.15) is 0 Å². The van der Waals surface area contributed by atoms with Crippen molar-refractivity contribution in [3.8, 4) is 0 Å². The minimum Gasteiger partial charge on any atom is -0.271 e. The highest BCUT2D eigenvalue weighted by atomic mass is 19.2. The molecule has 0 bridgehead atoms. The van der Waals surface area contributed by atoms with Crippen LogP contribution in [-0.2, 0) is 6.54 Å². The molecule has 0 unspecified atom stereocenters. The molecule has 2 nitrogen and oxygen atoms in total. The lowest BCUT2D eigenvalue weighted by atomic mass is 10.1. The van der Waals surface area contributed by atoms with Crippen LogP contribution in [0.2, 0.25) is 0 Å². The number of benzene rings is 1. The second-order valence-corrected chi connectivity index (χ2v) is 2.43. The first kappa shape index (κ1) is 10.9. The Morgan fingerprint density at radius 3 is 1.50 bits per heavy atom. The van der Waals surface area contributed by atoms with Gasteiger partial charge in [-0.25, -0.2) is 22.0 Å². The van der Waals surface area contributed by atoms with Gasteiger partial charge in [-0.15, -0.1) is 0 Å². The zero-order valence-electron chi connectivity index (χ0n) is 6.67. The molecule has 7 heteroatoms. The molecule has 1 rings (SSSR count). The van der Waals surface area contributed by atoms with Crippen molar-refractivity contribution in [2.75, 3.05) is 0 Å². The highest BCUT2D eigenvalue weighted by molar-refractivity contribution is 5.23. The van der Waals surface area contributed by atoms with E-state index < -0.39 is 41.2 Å². The summed E-state index contributed by atoms with van der Waals surface area (Å²) in [7, 11) is 0. The third-order valence-electron chi connectivity index (χ3n) is 1.58. The van der Waals surface area contributed by atoms with Gasteiger partial charge in [0, 0.05) is 12.1 Å². The maximum absolute atomic E-state index is 12.8. The molecule has 0 aliphatic carbocycles. The molecule has 1 aromatic rings. The summed E-state index contributed by atoms with van der Waals surface area (Å²) < 4.78 is 63.0. The highest BCUT2D eigenvalue weighted by Gasteiger charge is 2.24. The van der Waals surface area contributed by atoms with Crippen molar-refractivity contribution in [1.82, 2.24) is 5.43 Å². The van der Waals surface area contributed by atoms with Gasteiger partial charge in [0.1, 0.15) is 0 Å². The zero-order valence-corrected chi connectivity index (χ0v) is 6.67. The number of rotatable bonds is 2. The lowest BCUT2D eigenvalue weighted by molar-refractivity contribution is 0.367. The zero-order chi connectivity index (χ0) is 10.9. The Labute approximate surface area is 75.5 Å². The molecule has 0 saturated heterocycles. The molecular formula is C7H5F5N2. The number of nitrogens with one attached hydrogen (secondary N) is 1. The normalized spacial score (nSPS) is 10.7. The van der Waals surface area contributed by atoms with E-state index in [1.54, 1.807) is 5.43 Å². The third kappa shape index (κ3) is 1.55. The van der Waals surface area contributed by atoms with Gasteiger partial charge in [-0.1, -0.05) is 0 Å². The molecule has 3 N–H and O–H groups in total. The molecule has 0 atom stereocenters. The van der Waals surface area contributed by atoms with Crippen molar-refractivity contribution in [3.05, 3.63) is 34.6 Å². The van der Waals surface area contributed by atoms with Crippen LogP contribution in [0.25, 0.3) is 0 Å². The quantitative estimate of drug-likeness (QED) is 0.255. The van der Waals surface area contributed by atoms with E-state index in [2.05, 4.69) is 0 Å². The summed E-state index contributed by atoms with van der Waals surface area (Å²) in [5.41, 5.74) is 0.821. The maximum atomic E-state index is 12.8. The van der Waals surface area contributed by atoms with Crippen LogP contribution in [0.5, 0.6) is 0 Å². The predicted octanol–water partition coefficient (Wildman–Crippen LogP) is 1.35. The van der Waals surface area contributed by atoms with E-state index in [0.29, 0.717) is 0 Å². The van der Waals surface area contributed by atoms with E-state index >= 15 is 0 Å². The Balaban J connectivity index is 3.43. The Morgan fingerprint density at radius 1 is 0.786 bits per heavy atom. The molecule has 0 spiro atoms. The summed E-state index contributed by atoms with van der Waals surface area (Å²) >= 11 is 0. The fourth-order valence-electron chi connectivity index (χ4n) is 0.908. The molecule has 0 aliphatic heterocycles. The topological polar surface area (TPSA) is 38.0 Å². The maximum Gasteiger partial charge on any atom is 0.200 e. The first-order valence-electron chi connectivity index (χ1n) is 3.44. The van der Waals surface area contributed by atoms with E-state index in [4.69, 9.17) is 5.84 Å². The van der Waals surface area contributed by atoms with Gasteiger partial charge in [0.05, 0.1) is 0 Å². The fraction of sp³-hybridized carbons (Fsp3) is 0.143. The third-order valence-corrected chi connectivity index (χ3v) is 1.58. The second-order valence-electron chi connectivity index (χ2n) is 2.43. The van der Waals surface area contributed by atoms with Gasteiger partial charge in [-0.3, -0.25) is 11.3 Å². The van der Waals surface area contributed by atoms with Gasteiger partial charge in [0.15, 0.2) is 23.3 Å². The summed E-state index contributed by atoms with van der Waals surface area (Å²) in [5, 5.41) is 0. The van der Waals surface area contributed by atoms with Crippen LogP contribution >= 0.6 is 0 Å². The molecule has 0 radical (unpaired) electrons. The standard InChI is InChI=1S/C7H5F5N2/c8-3-2(1-14-13)4(9)6(11)7(12)5(3)10/h14H,1,13H2. The van der Waals surface area contributed by atoms with Crippen LogP contribution in [0.4, 0.5) is 22.0 Å². The summed E-state index contributed by atoms with van der Waals surface area (Å²) in [4.78, 5) is 0. The first-order chi connectivity index (χ1) is 6.50. The molecule has 78 valence electrons. The minimum atomic E-state index is -2.18. The van der Waals surface area contributed by atoms with Crippen molar-refractivity contribution < 1.29 is 22.0 Å². The molecular weight excluding hydrogens is 207 g/mol. The van der Waals surface area contributed by atoms with Crippen LogP contribution < -0.4 is 11.3 Å². The Bertz CT molecular complexity index is 337. The van der Waals surface area contributed by atoms with Gasteiger partial charge >= 0.3 is 0 Å². The largest absolute Gasteiger partial charge is 0.271 e. The van der Waals surface area contributed by atoms with Crippen LogP contribution in [0, 0.1) is 29.1 Å². The average Bonchev–Trinajstić information content (AvgIpc) is 2.19. The van der Waals surface area contributed by atoms with Crippen molar-refractivity contribution in [3.63, 3.8) is 0 Å². The number of halogens is 5. The summed E-state index contributed by atoms with van der Waals surface area (Å²) in [5.74, 6) is -5.17. The Kier molecular flexibility index (Phi) is 3.02. The van der Waals surface area contributed by atoms with Crippen LogP contribution in [0.15, 0.2) is 0 Å². The van der Waals surface area contributed by atoms with Gasteiger partial charge in [0.2, 0.25) is 5.82 Å². The summed E-state index contributed by atoms with van der Waals surface area (Å²) in [6.45, 7) is -0.647. The van der Waals surface area contributed by atoms with Gasteiger partial charge in [0.25, 0.3) is 0 Å². The van der Waals surface area contributed by atoms with E-state index in [1.807, 2.05) is 0 Å². The number of hydrazine groups is 1. The van der Waals surface area contributed by atoms with Crippen LogP contribution in [0.1, 0.15) is 5.56 Å².